The van der Waals surface area contributed by atoms with E-state index in [1.54, 1.807) is 11.3 Å². The fourth-order valence-electron chi connectivity index (χ4n) is 4.97. The number of thiophene rings is 1. The molecule has 2 aromatic rings. The minimum Gasteiger partial charge on any atom is -0.356 e. The monoisotopic (exact) mass is 410 g/mol. The molecule has 1 aliphatic heterocycles. The van der Waals surface area contributed by atoms with Gasteiger partial charge in [0.2, 0.25) is 5.91 Å². The molecule has 2 fully saturated rings. The Morgan fingerprint density at radius 2 is 1.97 bits per heavy atom. The van der Waals surface area contributed by atoms with E-state index in [1.807, 2.05) is 0 Å². The molecule has 2 aliphatic rings. The van der Waals surface area contributed by atoms with Crippen LogP contribution >= 0.6 is 11.3 Å². The van der Waals surface area contributed by atoms with Crippen LogP contribution in [0.2, 0.25) is 0 Å². The van der Waals surface area contributed by atoms with Gasteiger partial charge in [0.05, 0.1) is 5.92 Å². The molecule has 29 heavy (non-hydrogen) atoms. The van der Waals surface area contributed by atoms with E-state index >= 15 is 0 Å². The van der Waals surface area contributed by atoms with Crippen LogP contribution in [-0.2, 0) is 11.3 Å². The Bertz CT molecular complexity index is 767. The van der Waals surface area contributed by atoms with Gasteiger partial charge in [-0.2, -0.15) is 11.3 Å². The molecule has 0 radical (unpaired) electrons. The van der Waals surface area contributed by atoms with Crippen LogP contribution in [0.25, 0.3) is 11.1 Å². The third-order valence-electron chi connectivity index (χ3n) is 6.64. The van der Waals surface area contributed by atoms with Crippen LogP contribution in [0.4, 0.5) is 0 Å². The number of carbonyl (C=O) groups is 1. The Balaban J connectivity index is 1.26. The lowest BCUT2D eigenvalue weighted by molar-refractivity contribution is -0.126. The number of nitrogens with one attached hydrogen (secondary N) is 1. The number of hydrogen-bond acceptors (Lipinski definition) is 3. The fraction of sp³-hybridized carbons (Fsp3) is 0.560. The number of rotatable bonds is 7. The highest BCUT2D eigenvalue weighted by Crippen LogP contribution is 2.26. The van der Waals surface area contributed by atoms with Crippen LogP contribution in [0.5, 0.6) is 0 Å². The second kappa shape index (κ2) is 10.4. The third-order valence-corrected chi connectivity index (χ3v) is 7.32. The summed E-state index contributed by atoms with van der Waals surface area (Å²) >= 11 is 1.74. The minimum atomic E-state index is 0.148. The molecule has 1 N–H and O–H groups in total. The number of piperidine rings is 1. The Hall–Kier alpha value is -1.65. The molecule has 1 aliphatic carbocycles. The van der Waals surface area contributed by atoms with Crippen LogP contribution < -0.4 is 5.32 Å². The first-order valence-electron chi connectivity index (χ1n) is 11.4. The highest BCUT2D eigenvalue weighted by atomic mass is 32.1. The molecule has 1 aromatic heterocycles. The lowest BCUT2D eigenvalue weighted by atomic mass is 9.87. The Kier molecular flexibility index (Phi) is 7.39. The fourth-order valence-corrected chi connectivity index (χ4v) is 5.63. The van der Waals surface area contributed by atoms with Gasteiger partial charge in [-0.3, -0.25) is 9.69 Å². The number of carbonyl (C=O) groups excluding carboxylic acids is 1. The van der Waals surface area contributed by atoms with E-state index in [-0.39, 0.29) is 11.8 Å². The highest BCUT2D eigenvalue weighted by Gasteiger charge is 2.26. The van der Waals surface area contributed by atoms with Gasteiger partial charge < -0.3 is 5.32 Å². The second-order valence-electron chi connectivity index (χ2n) is 8.87. The molecule has 4 heteroatoms. The summed E-state index contributed by atoms with van der Waals surface area (Å²) in [5.41, 5.74) is 3.93. The molecule has 0 bridgehead atoms. The SMILES string of the molecule is O=C(NCCC1CCCCC1)C1CCCN(Cc2cccc(-c3ccsc3)c2)C1. The summed E-state index contributed by atoms with van der Waals surface area (Å²) in [6.45, 7) is 3.78. The van der Waals surface area contributed by atoms with Gasteiger partial charge >= 0.3 is 0 Å². The number of likely N-dealkylation sites (tertiary alicyclic amines) is 1. The summed E-state index contributed by atoms with van der Waals surface area (Å²) in [6, 6.07) is 11.0. The summed E-state index contributed by atoms with van der Waals surface area (Å²) in [6.07, 6.45) is 10.2. The van der Waals surface area contributed by atoms with E-state index in [0.29, 0.717) is 0 Å². The lowest BCUT2D eigenvalue weighted by Crippen LogP contribution is -2.43. The maximum atomic E-state index is 12.7. The smallest absolute Gasteiger partial charge is 0.224 e. The maximum absolute atomic E-state index is 12.7. The molecular formula is C25H34N2OS. The molecule has 1 atom stereocenters. The first kappa shape index (κ1) is 20.6. The number of amides is 1. The van der Waals surface area contributed by atoms with E-state index in [4.69, 9.17) is 0 Å². The van der Waals surface area contributed by atoms with Crippen molar-refractivity contribution in [2.75, 3.05) is 19.6 Å². The van der Waals surface area contributed by atoms with E-state index < -0.39 is 0 Å². The van der Waals surface area contributed by atoms with Crippen molar-refractivity contribution in [3.05, 3.63) is 46.7 Å². The lowest BCUT2D eigenvalue weighted by Gasteiger charge is -2.32. The molecule has 156 valence electrons. The molecule has 1 saturated carbocycles. The quantitative estimate of drug-likeness (QED) is 0.634. The van der Waals surface area contributed by atoms with Crippen LogP contribution in [0, 0.1) is 11.8 Å². The molecule has 3 nitrogen and oxygen atoms in total. The van der Waals surface area contributed by atoms with Gasteiger partial charge in [-0.25, -0.2) is 0 Å². The van der Waals surface area contributed by atoms with Crippen molar-refractivity contribution in [1.29, 1.82) is 0 Å². The summed E-state index contributed by atoms with van der Waals surface area (Å²) in [5.74, 6) is 1.26. The normalized spacial score (nSPS) is 21.2. The van der Waals surface area contributed by atoms with Crippen molar-refractivity contribution in [2.24, 2.45) is 11.8 Å². The average molecular weight is 411 g/mol. The number of hydrogen-bond donors (Lipinski definition) is 1. The van der Waals surface area contributed by atoms with E-state index in [2.05, 4.69) is 51.3 Å². The standard InChI is InChI=1S/C25H34N2OS/c28-25(26-13-11-20-6-2-1-3-7-20)23-10-5-14-27(18-23)17-21-8-4-9-22(16-21)24-12-15-29-19-24/h4,8-9,12,15-16,19-20,23H,1-3,5-7,10-11,13-14,17-18H2,(H,26,28). The zero-order chi connectivity index (χ0) is 19.9. The number of nitrogens with zero attached hydrogens (tertiary/aromatic N) is 1. The Morgan fingerprint density at radius 3 is 2.79 bits per heavy atom. The molecule has 2 heterocycles. The van der Waals surface area contributed by atoms with Gasteiger partial charge in [0.15, 0.2) is 0 Å². The van der Waals surface area contributed by atoms with Crippen molar-refractivity contribution in [1.82, 2.24) is 10.2 Å². The van der Waals surface area contributed by atoms with Crippen molar-refractivity contribution in [2.45, 2.75) is 57.9 Å². The van der Waals surface area contributed by atoms with Crippen molar-refractivity contribution in [3.8, 4) is 11.1 Å². The third kappa shape index (κ3) is 5.93. The highest BCUT2D eigenvalue weighted by molar-refractivity contribution is 7.08. The summed E-state index contributed by atoms with van der Waals surface area (Å²) in [5, 5.41) is 7.58. The predicted molar refractivity (Wildman–Crippen MR) is 122 cm³/mol. The van der Waals surface area contributed by atoms with Crippen molar-refractivity contribution < 1.29 is 4.79 Å². The van der Waals surface area contributed by atoms with Crippen LogP contribution in [0.1, 0.15) is 56.9 Å². The van der Waals surface area contributed by atoms with Gasteiger partial charge in [0.1, 0.15) is 0 Å². The first-order chi connectivity index (χ1) is 14.3. The average Bonchev–Trinajstić information content (AvgIpc) is 3.30. The summed E-state index contributed by atoms with van der Waals surface area (Å²) in [4.78, 5) is 15.2. The molecule has 0 spiro atoms. The zero-order valence-electron chi connectivity index (χ0n) is 17.4. The maximum Gasteiger partial charge on any atom is 0.224 e. The van der Waals surface area contributed by atoms with E-state index in [9.17, 15) is 4.79 Å². The van der Waals surface area contributed by atoms with Gasteiger partial charge in [-0.15, -0.1) is 0 Å². The van der Waals surface area contributed by atoms with Crippen molar-refractivity contribution >= 4 is 17.2 Å². The zero-order valence-corrected chi connectivity index (χ0v) is 18.3. The molecular weight excluding hydrogens is 376 g/mol. The molecule has 4 rings (SSSR count). The van der Waals surface area contributed by atoms with Gasteiger partial charge in [-0.1, -0.05) is 50.3 Å². The van der Waals surface area contributed by atoms with Crippen LogP contribution in [0.15, 0.2) is 41.1 Å². The molecule has 1 unspecified atom stereocenters. The second-order valence-corrected chi connectivity index (χ2v) is 9.65. The van der Waals surface area contributed by atoms with Crippen LogP contribution in [-0.4, -0.2) is 30.4 Å². The Morgan fingerprint density at radius 1 is 1.07 bits per heavy atom. The first-order valence-corrected chi connectivity index (χ1v) is 12.3. The summed E-state index contributed by atoms with van der Waals surface area (Å²) in [7, 11) is 0. The predicted octanol–water partition coefficient (Wildman–Crippen LogP) is 5.71. The molecule has 1 saturated heterocycles. The topological polar surface area (TPSA) is 32.3 Å². The molecule has 1 amide bonds. The van der Waals surface area contributed by atoms with Gasteiger partial charge in [0, 0.05) is 19.6 Å². The van der Waals surface area contributed by atoms with Crippen molar-refractivity contribution in [3.63, 3.8) is 0 Å². The Labute approximate surface area is 179 Å². The molecule has 1 aromatic carbocycles. The number of benzene rings is 1. The van der Waals surface area contributed by atoms with Gasteiger partial charge in [-0.05, 0) is 71.3 Å². The van der Waals surface area contributed by atoms with Crippen LogP contribution in [0.3, 0.4) is 0 Å². The van der Waals surface area contributed by atoms with Gasteiger partial charge in [0.25, 0.3) is 0 Å². The minimum absolute atomic E-state index is 0.148. The summed E-state index contributed by atoms with van der Waals surface area (Å²) < 4.78 is 0. The van der Waals surface area contributed by atoms with E-state index in [0.717, 1.165) is 51.4 Å². The largest absolute Gasteiger partial charge is 0.356 e. The van der Waals surface area contributed by atoms with E-state index in [1.165, 1.54) is 48.8 Å².